The SMILES string of the molecule is CCOc1cc(C(=O)N(C)Cc2ccccc2N(C)C)ccc1OCc1cccnc1. The second-order valence-corrected chi connectivity index (χ2v) is 7.43. The van der Waals surface area contributed by atoms with Crippen LogP contribution in [0.15, 0.2) is 67.0 Å². The van der Waals surface area contributed by atoms with E-state index in [4.69, 9.17) is 9.47 Å². The first kappa shape index (κ1) is 22.2. The summed E-state index contributed by atoms with van der Waals surface area (Å²) in [6, 6.07) is 17.2. The lowest BCUT2D eigenvalue weighted by Gasteiger charge is -2.23. The molecule has 0 aliphatic rings. The van der Waals surface area contributed by atoms with E-state index in [1.807, 2.05) is 58.4 Å². The minimum absolute atomic E-state index is 0.0756. The predicted molar refractivity (Wildman–Crippen MR) is 123 cm³/mol. The Balaban J connectivity index is 1.75. The van der Waals surface area contributed by atoms with Crippen molar-refractivity contribution in [2.24, 2.45) is 0 Å². The third-order valence-corrected chi connectivity index (χ3v) is 4.84. The van der Waals surface area contributed by atoms with Crippen LogP contribution in [0.5, 0.6) is 11.5 Å². The summed E-state index contributed by atoms with van der Waals surface area (Å²) in [5, 5.41) is 0. The second-order valence-electron chi connectivity index (χ2n) is 7.43. The van der Waals surface area contributed by atoms with E-state index in [1.54, 1.807) is 35.5 Å². The number of para-hydroxylation sites is 1. The van der Waals surface area contributed by atoms with Crippen LogP contribution < -0.4 is 14.4 Å². The molecular weight excluding hydrogens is 390 g/mol. The highest BCUT2D eigenvalue weighted by Gasteiger charge is 2.17. The van der Waals surface area contributed by atoms with Gasteiger partial charge < -0.3 is 19.3 Å². The Morgan fingerprint density at radius 3 is 2.48 bits per heavy atom. The minimum atomic E-state index is -0.0756. The molecule has 162 valence electrons. The van der Waals surface area contributed by atoms with Crippen molar-refractivity contribution in [3.05, 3.63) is 83.7 Å². The van der Waals surface area contributed by atoms with E-state index in [0.717, 1.165) is 16.8 Å². The van der Waals surface area contributed by atoms with Gasteiger partial charge in [0.05, 0.1) is 6.61 Å². The fourth-order valence-corrected chi connectivity index (χ4v) is 3.30. The van der Waals surface area contributed by atoms with E-state index >= 15 is 0 Å². The Labute approximate surface area is 184 Å². The number of benzene rings is 2. The standard InChI is InChI=1S/C25H29N3O3/c1-5-30-24-15-20(12-13-23(24)31-18-19-9-8-14-26-16-19)25(29)28(4)17-21-10-6-7-11-22(21)27(2)3/h6-16H,5,17-18H2,1-4H3. The van der Waals surface area contributed by atoms with Crippen LogP contribution in [0.4, 0.5) is 5.69 Å². The van der Waals surface area contributed by atoms with Crippen LogP contribution in [0.1, 0.15) is 28.4 Å². The summed E-state index contributed by atoms with van der Waals surface area (Å²) in [5.41, 5.74) is 3.70. The van der Waals surface area contributed by atoms with Crippen molar-refractivity contribution in [3.8, 4) is 11.5 Å². The van der Waals surface area contributed by atoms with Crippen molar-refractivity contribution in [2.75, 3.05) is 32.6 Å². The number of pyridine rings is 1. The lowest BCUT2D eigenvalue weighted by atomic mass is 10.1. The quantitative estimate of drug-likeness (QED) is 0.515. The van der Waals surface area contributed by atoms with Crippen LogP contribution in [0.2, 0.25) is 0 Å². The average molecular weight is 420 g/mol. The van der Waals surface area contributed by atoms with E-state index < -0.39 is 0 Å². The summed E-state index contributed by atoms with van der Waals surface area (Å²) >= 11 is 0. The maximum Gasteiger partial charge on any atom is 0.254 e. The van der Waals surface area contributed by atoms with Gasteiger partial charge in [0, 0.05) is 56.9 Å². The molecule has 0 spiro atoms. The number of nitrogens with zero attached hydrogens (tertiary/aromatic N) is 3. The first-order chi connectivity index (χ1) is 15.0. The van der Waals surface area contributed by atoms with Gasteiger partial charge >= 0.3 is 0 Å². The highest BCUT2D eigenvalue weighted by Crippen LogP contribution is 2.30. The van der Waals surface area contributed by atoms with Crippen molar-refractivity contribution in [3.63, 3.8) is 0 Å². The van der Waals surface area contributed by atoms with Gasteiger partial charge in [0.2, 0.25) is 0 Å². The summed E-state index contributed by atoms with van der Waals surface area (Å²) in [7, 11) is 5.81. The molecule has 31 heavy (non-hydrogen) atoms. The Kier molecular flexibility index (Phi) is 7.49. The van der Waals surface area contributed by atoms with Crippen LogP contribution in [0.25, 0.3) is 0 Å². The lowest BCUT2D eigenvalue weighted by Crippen LogP contribution is -2.27. The van der Waals surface area contributed by atoms with E-state index in [2.05, 4.69) is 16.0 Å². The van der Waals surface area contributed by atoms with E-state index in [9.17, 15) is 4.79 Å². The molecule has 0 radical (unpaired) electrons. The third-order valence-electron chi connectivity index (χ3n) is 4.84. The molecule has 1 aromatic heterocycles. The molecule has 0 saturated carbocycles. The number of hydrogen-bond acceptors (Lipinski definition) is 5. The van der Waals surface area contributed by atoms with Crippen molar-refractivity contribution >= 4 is 11.6 Å². The van der Waals surface area contributed by atoms with Gasteiger partial charge in [-0.15, -0.1) is 0 Å². The molecule has 0 atom stereocenters. The van der Waals surface area contributed by atoms with Gasteiger partial charge in [-0.25, -0.2) is 0 Å². The monoisotopic (exact) mass is 419 g/mol. The fraction of sp³-hybridized carbons (Fsp3) is 0.280. The summed E-state index contributed by atoms with van der Waals surface area (Å²) in [6.45, 7) is 3.27. The predicted octanol–water partition coefficient (Wildman–Crippen LogP) is 4.40. The first-order valence-electron chi connectivity index (χ1n) is 10.3. The van der Waals surface area contributed by atoms with Crippen LogP contribution in [-0.2, 0) is 13.2 Å². The largest absolute Gasteiger partial charge is 0.490 e. The van der Waals surface area contributed by atoms with Crippen molar-refractivity contribution in [1.82, 2.24) is 9.88 Å². The Hall–Kier alpha value is -3.54. The molecule has 6 nitrogen and oxygen atoms in total. The Morgan fingerprint density at radius 2 is 1.77 bits per heavy atom. The highest BCUT2D eigenvalue weighted by molar-refractivity contribution is 5.94. The van der Waals surface area contributed by atoms with Gasteiger partial charge in [0.25, 0.3) is 5.91 Å². The number of amides is 1. The van der Waals surface area contributed by atoms with Gasteiger partial charge in [-0.1, -0.05) is 24.3 Å². The molecule has 0 unspecified atom stereocenters. The summed E-state index contributed by atoms with van der Waals surface area (Å²) < 4.78 is 11.7. The second kappa shape index (κ2) is 10.5. The Morgan fingerprint density at radius 1 is 0.968 bits per heavy atom. The number of hydrogen-bond donors (Lipinski definition) is 0. The summed E-state index contributed by atoms with van der Waals surface area (Å²) in [4.78, 5) is 20.9. The number of anilines is 1. The van der Waals surface area contributed by atoms with E-state index in [1.165, 1.54) is 0 Å². The number of carbonyl (C=O) groups is 1. The molecular formula is C25H29N3O3. The van der Waals surface area contributed by atoms with Gasteiger partial charge in [0.1, 0.15) is 6.61 Å². The average Bonchev–Trinajstić information content (AvgIpc) is 2.78. The van der Waals surface area contributed by atoms with E-state index in [-0.39, 0.29) is 5.91 Å². The zero-order valence-corrected chi connectivity index (χ0v) is 18.5. The molecule has 1 heterocycles. The molecule has 0 fully saturated rings. The zero-order valence-electron chi connectivity index (χ0n) is 18.5. The smallest absolute Gasteiger partial charge is 0.254 e. The number of rotatable bonds is 9. The summed E-state index contributed by atoms with van der Waals surface area (Å²) in [6.07, 6.45) is 3.49. The molecule has 6 heteroatoms. The van der Waals surface area contributed by atoms with Crippen molar-refractivity contribution < 1.29 is 14.3 Å². The molecule has 0 saturated heterocycles. The van der Waals surface area contributed by atoms with Crippen molar-refractivity contribution in [1.29, 1.82) is 0 Å². The third kappa shape index (κ3) is 5.75. The molecule has 0 aliphatic heterocycles. The molecule has 2 aromatic carbocycles. The van der Waals surface area contributed by atoms with Crippen LogP contribution in [0.3, 0.4) is 0 Å². The molecule has 0 aliphatic carbocycles. The molecule has 3 rings (SSSR count). The van der Waals surface area contributed by atoms with Gasteiger partial charge in [-0.3, -0.25) is 9.78 Å². The topological polar surface area (TPSA) is 54.9 Å². The maximum atomic E-state index is 13.1. The van der Waals surface area contributed by atoms with Crippen LogP contribution >= 0.6 is 0 Å². The number of carbonyl (C=O) groups excluding carboxylic acids is 1. The number of ether oxygens (including phenoxy) is 2. The van der Waals surface area contributed by atoms with Crippen LogP contribution in [-0.4, -0.2) is 43.5 Å². The molecule has 0 N–H and O–H groups in total. The number of aromatic nitrogens is 1. The molecule has 1 amide bonds. The molecule has 3 aromatic rings. The van der Waals surface area contributed by atoms with Gasteiger partial charge in [0.15, 0.2) is 11.5 Å². The molecule has 0 bridgehead atoms. The zero-order chi connectivity index (χ0) is 22.2. The van der Waals surface area contributed by atoms with Crippen molar-refractivity contribution in [2.45, 2.75) is 20.1 Å². The minimum Gasteiger partial charge on any atom is -0.490 e. The summed E-state index contributed by atoms with van der Waals surface area (Å²) in [5.74, 6) is 1.08. The van der Waals surface area contributed by atoms with E-state index in [0.29, 0.717) is 36.8 Å². The van der Waals surface area contributed by atoms with Crippen LogP contribution in [0, 0.1) is 0 Å². The van der Waals surface area contributed by atoms with Gasteiger partial charge in [-0.2, -0.15) is 0 Å². The fourth-order valence-electron chi connectivity index (χ4n) is 3.30. The van der Waals surface area contributed by atoms with Gasteiger partial charge in [-0.05, 0) is 42.8 Å². The first-order valence-corrected chi connectivity index (χ1v) is 10.3. The maximum absolute atomic E-state index is 13.1. The lowest BCUT2D eigenvalue weighted by molar-refractivity contribution is 0.0784. The Bertz CT molecular complexity index is 1010. The normalized spacial score (nSPS) is 10.5. The highest BCUT2D eigenvalue weighted by atomic mass is 16.5.